The number of aromatic nitrogens is 5. The van der Waals surface area contributed by atoms with E-state index < -0.39 is 0 Å². The van der Waals surface area contributed by atoms with Crippen molar-refractivity contribution >= 4 is 22.7 Å². The van der Waals surface area contributed by atoms with Gasteiger partial charge in [0.05, 0.1) is 11.0 Å². The van der Waals surface area contributed by atoms with Crippen LogP contribution in [0.3, 0.4) is 0 Å². The summed E-state index contributed by atoms with van der Waals surface area (Å²) in [4.78, 5) is 15.1. The number of para-hydroxylation sites is 2. The van der Waals surface area contributed by atoms with Gasteiger partial charge < -0.3 is 14.4 Å². The predicted molar refractivity (Wildman–Crippen MR) is 118 cm³/mol. The molecule has 0 atom stereocenters. The fourth-order valence-corrected chi connectivity index (χ4v) is 5.04. The number of benzene rings is 1. The van der Waals surface area contributed by atoms with Gasteiger partial charge in [-0.2, -0.15) is 0 Å². The van der Waals surface area contributed by atoms with Crippen LogP contribution in [-0.4, -0.2) is 50.9 Å². The number of rotatable bonds is 4. The van der Waals surface area contributed by atoms with Gasteiger partial charge in [0.15, 0.2) is 11.6 Å². The van der Waals surface area contributed by atoms with Crippen LogP contribution in [0.25, 0.3) is 11.0 Å². The fourth-order valence-electron chi connectivity index (χ4n) is 5.04. The summed E-state index contributed by atoms with van der Waals surface area (Å²) in [6, 6.07) is 8.91. The summed E-state index contributed by atoms with van der Waals surface area (Å²) in [7, 11) is 0. The normalized spacial score (nSPS) is 20.8. The van der Waals surface area contributed by atoms with Crippen molar-refractivity contribution in [1.29, 1.82) is 0 Å². The van der Waals surface area contributed by atoms with E-state index in [1.54, 1.807) is 0 Å². The molecule has 0 bridgehead atoms. The molecule has 1 aliphatic carbocycles. The van der Waals surface area contributed by atoms with Gasteiger partial charge in [0, 0.05) is 38.1 Å². The van der Waals surface area contributed by atoms with Crippen LogP contribution in [0.15, 0.2) is 30.6 Å². The van der Waals surface area contributed by atoms with Gasteiger partial charge in [-0.05, 0) is 57.1 Å². The second kappa shape index (κ2) is 7.52. The van der Waals surface area contributed by atoms with Crippen LogP contribution in [0.5, 0.6) is 0 Å². The van der Waals surface area contributed by atoms with Gasteiger partial charge in [-0.1, -0.05) is 12.1 Å². The lowest BCUT2D eigenvalue weighted by atomic mass is 9.95. The Bertz CT molecular complexity index is 1030. The Morgan fingerprint density at radius 2 is 1.37 bits per heavy atom. The maximum Gasteiger partial charge on any atom is 0.172 e. The molecule has 0 spiro atoms. The van der Waals surface area contributed by atoms with E-state index in [2.05, 4.69) is 48.8 Å². The van der Waals surface area contributed by atoms with E-state index in [-0.39, 0.29) is 0 Å². The quantitative estimate of drug-likeness (QED) is 0.658. The molecule has 1 saturated carbocycles. The van der Waals surface area contributed by atoms with Crippen molar-refractivity contribution in [3.63, 3.8) is 0 Å². The highest BCUT2D eigenvalue weighted by molar-refractivity contribution is 5.81. The topological polar surface area (TPSA) is 63.0 Å². The maximum absolute atomic E-state index is 5.11. The van der Waals surface area contributed by atoms with Crippen LogP contribution >= 0.6 is 0 Å². The highest BCUT2D eigenvalue weighted by Gasteiger charge is 2.32. The van der Waals surface area contributed by atoms with E-state index in [9.17, 15) is 0 Å². The van der Waals surface area contributed by atoms with Gasteiger partial charge in [-0.25, -0.2) is 9.97 Å². The van der Waals surface area contributed by atoms with E-state index in [0.29, 0.717) is 12.0 Å². The zero-order valence-electron chi connectivity index (χ0n) is 17.5. The highest BCUT2D eigenvalue weighted by Crippen LogP contribution is 2.39. The third kappa shape index (κ3) is 3.30. The number of nitrogens with zero attached hydrogens (tertiary/aromatic N) is 7. The average molecular weight is 404 g/mol. The van der Waals surface area contributed by atoms with Crippen LogP contribution in [0.1, 0.15) is 62.7 Å². The Balaban J connectivity index is 1.28. The van der Waals surface area contributed by atoms with Crippen LogP contribution < -0.4 is 9.80 Å². The first kappa shape index (κ1) is 18.1. The summed E-state index contributed by atoms with van der Waals surface area (Å²) < 4.78 is 2.33. The fraction of sp³-hybridized carbons (Fsp3) is 0.565. The van der Waals surface area contributed by atoms with Crippen molar-refractivity contribution < 1.29 is 0 Å². The lowest BCUT2D eigenvalue weighted by Crippen LogP contribution is -2.37. The van der Waals surface area contributed by atoms with Crippen molar-refractivity contribution in [2.24, 2.45) is 0 Å². The molecule has 1 aromatic carbocycles. The maximum atomic E-state index is 5.11. The van der Waals surface area contributed by atoms with E-state index in [0.717, 1.165) is 61.7 Å². The van der Waals surface area contributed by atoms with Gasteiger partial charge in [-0.15, -0.1) is 10.2 Å². The predicted octanol–water partition coefficient (Wildman–Crippen LogP) is 3.93. The van der Waals surface area contributed by atoms with Gasteiger partial charge in [0.25, 0.3) is 0 Å². The first-order chi connectivity index (χ1) is 14.9. The Labute approximate surface area is 177 Å². The number of hydrogen-bond acceptors (Lipinski definition) is 6. The summed E-state index contributed by atoms with van der Waals surface area (Å²) in [5, 5.41) is 8.70. The summed E-state index contributed by atoms with van der Waals surface area (Å²) in [6.45, 7) is 4.16. The molecule has 6 rings (SSSR count). The van der Waals surface area contributed by atoms with Crippen molar-refractivity contribution in [2.75, 3.05) is 36.0 Å². The monoisotopic (exact) mass is 403 g/mol. The van der Waals surface area contributed by atoms with Crippen molar-refractivity contribution in [3.8, 4) is 0 Å². The minimum atomic E-state index is 0.496. The van der Waals surface area contributed by atoms with E-state index in [4.69, 9.17) is 9.97 Å². The molecule has 3 aliphatic rings. The molecule has 7 nitrogen and oxygen atoms in total. The second-order valence-corrected chi connectivity index (χ2v) is 9.00. The molecule has 0 amide bonds. The smallest absolute Gasteiger partial charge is 0.172 e. The van der Waals surface area contributed by atoms with E-state index in [1.807, 2.05) is 6.33 Å². The first-order valence-corrected chi connectivity index (χ1v) is 11.5. The molecular formula is C23H29N7. The molecular weight excluding hydrogens is 374 g/mol. The minimum Gasteiger partial charge on any atom is -0.354 e. The summed E-state index contributed by atoms with van der Waals surface area (Å²) in [5.41, 5.74) is 1.98. The molecule has 0 unspecified atom stereocenters. The number of fused-ring (bicyclic) bond motifs is 1. The molecule has 2 saturated heterocycles. The van der Waals surface area contributed by atoms with Gasteiger partial charge in [0.1, 0.15) is 12.2 Å². The van der Waals surface area contributed by atoms with Crippen molar-refractivity contribution in [3.05, 3.63) is 36.4 Å². The molecule has 0 N–H and O–H groups in total. The first-order valence-electron chi connectivity index (χ1n) is 11.5. The van der Waals surface area contributed by atoms with Crippen LogP contribution in [0.4, 0.5) is 11.6 Å². The van der Waals surface area contributed by atoms with Crippen molar-refractivity contribution in [2.45, 2.75) is 56.9 Å². The second-order valence-electron chi connectivity index (χ2n) is 9.00. The summed E-state index contributed by atoms with van der Waals surface area (Å²) in [5.74, 6) is 3.83. The Kier molecular flexibility index (Phi) is 4.54. The van der Waals surface area contributed by atoms with Crippen molar-refractivity contribution in [1.82, 2.24) is 24.7 Å². The molecule has 7 heteroatoms. The molecule has 156 valence electrons. The van der Waals surface area contributed by atoms with Crippen LogP contribution in [-0.2, 0) is 0 Å². The van der Waals surface area contributed by atoms with Gasteiger partial charge in [-0.3, -0.25) is 0 Å². The third-order valence-corrected chi connectivity index (χ3v) is 6.89. The molecule has 4 heterocycles. The Morgan fingerprint density at radius 3 is 2.00 bits per heavy atom. The average Bonchev–Trinajstić information content (AvgIpc) is 3.55. The molecule has 0 radical (unpaired) electrons. The summed E-state index contributed by atoms with van der Waals surface area (Å²) >= 11 is 0. The molecule has 2 aromatic heterocycles. The SMILES string of the molecule is c1ccc2nc(N3CCC(c4nncn4C4CC4)CC3)c(N3CCCCC3)nc2c1. The van der Waals surface area contributed by atoms with E-state index >= 15 is 0 Å². The minimum absolute atomic E-state index is 0.496. The lowest BCUT2D eigenvalue weighted by Gasteiger charge is -2.36. The standard InChI is InChI=1S/C23H29N7/c1-4-12-28(13-5-1)22-23(26-20-7-3-2-6-19(20)25-22)29-14-10-17(11-15-29)21-27-24-16-30(21)18-8-9-18/h2-3,6-7,16-18H,1,4-5,8-15H2. The van der Waals surface area contributed by atoms with Gasteiger partial charge >= 0.3 is 0 Å². The summed E-state index contributed by atoms with van der Waals surface area (Å²) in [6.07, 6.45) is 10.5. The Hall–Kier alpha value is -2.70. The highest BCUT2D eigenvalue weighted by atomic mass is 15.3. The number of hydrogen-bond donors (Lipinski definition) is 0. The van der Waals surface area contributed by atoms with Gasteiger partial charge in [0.2, 0.25) is 0 Å². The molecule has 3 aromatic rings. The lowest BCUT2D eigenvalue weighted by molar-refractivity contribution is 0.463. The molecule has 3 fully saturated rings. The molecule has 2 aliphatic heterocycles. The number of piperidine rings is 2. The van der Waals surface area contributed by atoms with Crippen LogP contribution in [0, 0.1) is 0 Å². The zero-order valence-corrected chi connectivity index (χ0v) is 17.5. The zero-order chi connectivity index (χ0) is 19.9. The Morgan fingerprint density at radius 1 is 0.733 bits per heavy atom. The van der Waals surface area contributed by atoms with E-state index in [1.165, 1.54) is 37.9 Å². The largest absolute Gasteiger partial charge is 0.354 e. The number of anilines is 2. The molecule has 30 heavy (non-hydrogen) atoms. The third-order valence-electron chi connectivity index (χ3n) is 6.89. The van der Waals surface area contributed by atoms with Crippen LogP contribution in [0.2, 0.25) is 0 Å².